The Kier molecular flexibility index (Phi) is 6.33. The molecule has 1 aromatic heterocycles. The number of para-hydroxylation sites is 2. The molecule has 2 heteroatoms. The lowest BCUT2D eigenvalue weighted by Crippen LogP contribution is -1.93. The van der Waals surface area contributed by atoms with Crippen LogP contribution in [0.5, 0.6) is 0 Å². The van der Waals surface area contributed by atoms with Crippen molar-refractivity contribution in [1.29, 1.82) is 0 Å². The summed E-state index contributed by atoms with van der Waals surface area (Å²) in [4.78, 5) is 0. The first kappa shape index (κ1) is 22.2. The molecule has 1 nitrogen and oxygen atoms in total. The first-order valence-corrected chi connectivity index (χ1v) is 12.5. The quantitative estimate of drug-likeness (QED) is 0.226. The SMILES string of the molecule is Brc1cc(-c2ccccc2)cc(-c2ccc(-n3c4ccccc4c4ccccc43)cc2)c1.CC. The Morgan fingerprint density at radius 2 is 0.941 bits per heavy atom. The monoisotopic (exact) mass is 503 g/mol. The van der Waals surface area contributed by atoms with Crippen molar-refractivity contribution in [1.82, 2.24) is 4.57 Å². The number of hydrogen-bond donors (Lipinski definition) is 0. The Balaban J connectivity index is 0.00000117. The van der Waals surface area contributed by atoms with E-state index >= 15 is 0 Å². The van der Waals surface area contributed by atoms with Crippen molar-refractivity contribution in [2.45, 2.75) is 13.8 Å². The highest BCUT2D eigenvalue weighted by Crippen LogP contribution is 2.34. The fourth-order valence-electron chi connectivity index (χ4n) is 4.56. The van der Waals surface area contributed by atoms with Crippen LogP contribution in [0.2, 0.25) is 0 Å². The van der Waals surface area contributed by atoms with Crippen molar-refractivity contribution in [3.63, 3.8) is 0 Å². The summed E-state index contributed by atoms with van der Waals surface area (Å²) < 4.78 is 3.44. The van der Waals surface area contributed by atoms with Crippen LogP contribution in [0.1, 0.15) is 13.8 Å². The predicted octanol–water partition coefficient (Wildman–Crippen LogP) is 9.91. The van der Waals surface area contributed by atoms with Gasteiger partial charge < -0.3 is 4.57 Å². The Labute approximate surface area is 209 Å². The van der Waals surface area contributed by atoms with Gasteiger partial charge in [-0.3, -0.25) is 0 Å². The molecule has 0 bridgehead atoms. The zero-order valence-corrected chi connectivity index (χ0v) is 21.0. The van der Waals surface area contributed by atoms with Crippen molar-refractivity contribution in [3.05, 3.63) is 126 Å². The van der Waals surface area contributed by atoms with E-state index in [1.54, 1.807) is 0 Å². The molecule has 6 aromatic rings. The molecule has 0 N–H and O–H groups in total. The number of rotatable bonds is 3. The maximum absolute atomic E-state index is 3.70. The van der Waals surface area contributed by atoms with Crippen LogP contribution in [-0.2, 0) is 0 Å². The van der Waals surface area contributed by atoms with Gasteiger partial charge in [-0.25, -0.2) is 0 Å². The van der Waals surface area contributed by atoms with E-state index in [2.05, 4.69) is 142 Å². The standard InChI is InChI=1S/C30H20BrN.C2H6/c31-25-19-23(21-8-2-1-3-9-21)18-24(20-25)22-14-16-26(17-15-22)32-29-12-6-4-10-27(29)28-11-5-7-13-30(28)32;1-2/h1-20H;1-2H3. The predicted molar refractivity (Wildman–Crippen MR) is 151 cm³/mol. The third kappa shape index (κ3) is 4.06. The van der Waals surface area contributed by atoms with Gasteiger partial charge in [0.25, 0.3) is 0 Å². The molecule has 0 aliphatic rings. The van der Waals surface area contributed by atoms with Crippen LogP contribution in [0.25, 0.3) is 49.7 Å². The lowest BCUT2D eigenvalue weighted by atomic mass is 9.99. The van der Waals surface area contributed by atoms with Crippen molar-refractivity contribution in [2.75, 3.05) is 0 Å². The van der Waals surface area contributed by atoms with Gasteiger partial charge in [-0.15, -0.1) is 0 Å². The number of benzene rings is 5. The Bertz CT molecular complexity index is 1510. The molecule has 5 aromatic carbocycles. The van der Waals surface area contributed by atoms with Crippen LogP contribution in [0, 0.1) is 0 Å². The maximum atomic E-state index is 3.70. The highest BCUT2D eigenvalue weighted by atomic mass is 79.9. The zero-order valence-electron chi connectivity index (χ0n) is 19.4. The summed E-state index contributed by atoms with van der Waals surface area (Å²) in [5.74, 6) is 0. The molecule has 0 spiro atoms. The molecule has 0 saturated heterocycles. The molecule has 0 aliphatic heterocycles. The summed E-state index contributed by atoms with van der Waals surface area (Å²) >= 11 is 3.70. The van der Waals surface area contributed by atoms with Gasteiger partial charge in [-0.05, 0) is 64.7 Å². The second-order valence-corrected chi connectivity index (χ2v) is 8.93. The second kappa shape index (κ2) is 9.70. The normalized spacial score (nSPS) is 10.8. The summed E-state index contributed by atoms with van der Waals surface area (Å²) in [5.41, 5.74) is 8.47. The summed E-state index contributed by atoms with van der Waals surface area (Å²) in [6.45, 7) is 4.00. The number of hydrogen-bond acceptors (Lipinski definition) is 0. The Morgan fingerprint density at radius 1 is 0.471 bits per heavy atom. The molecule has 0 unspecified atom stereocenters. The molecule has 0 saturated carbocycles. The number of nitrogens with zero attached hydrogens (tertiary/aromatic N) is 1. The van der Waals surface area contributed by atoms with Crippen molar-refractivity contribution >= 4 is 37.7 Å². The molecular formula is C32H26BrN. The van der Waals surface area contributed by atoms with E-state index in [-0.39, 0.29) is 0 Å². The van der Waals surface area contributed by atoms with Crippen molar-refractivity contribution in [3.8, 4) is 27.9 Å². The fraction of sp³-hybridized carbons (Fsp3) is 0.0625. The number of aromatic nitrogens is 1. The van der Waals surface area contributed by atoms with Gasteiger partial charge in [0.15, 0.2) is 0 Å². The van der Waals surface area contributed by atoms with Gasteiger partial charge in [0.1, 0.15) is 0 Å². The van der Waals surface area contributed by atoms with Crippen LogP contribution in [0.4, 0.5) is 0 Å². The Hall–Kier alpha value is -3.62. The van der Waals surface area contributed by atoms with Crippen LogP contribution in [0.3, 0.4) is 0 Å². The summed E-state index contributed by atoms with van der Waals surface area (Å²) in [5, 5.41) is 2.57. The molecule has 0 aliphatic carbocycles. The van der Waals surface area contributed by atoms with Gasteiger partial charge in [-0.1, -0.05) is 109 Å². The van der Waals surface area contributed by atoms with E-state index in [1.165, 1.54) is 49.7 Å². The average molecular weight is 504 g/mol. The lowest BCUT2D eigenvalue weighted by Gasteiger charge is -2.11. The van der Waals surface area contributed by atoms with Gasteiger partial charge in [0.05, 0.1) is 11.0 Å². The van der Waals surface area contributed by atoms with E-state index < -0.39 is 0 Å². The third-order valence-electron chi connectivity index (χ3n) is 6.04. The van der Waals surface area contributed by atoms with Gasteiger partial charge >= 0.3 is 0 Å². The maximum Gasteiger partial charge on any atom is 0.0541 e. The second-order valence-electron chi connectivity index (χ2n) is 8.01. The van der Waals surface area contributed by atoms with E-state index in [0.29, 0.717) is 0 Å². The van der Waals surface area contributed by atoms with E-state index in [9.17, 15) is 0 Å². The lowest BCUT2D eigenvalue weighted by molar-refractivity contribution is 1.18. The molecule has 0 amide bonds. The van der Waals surface area contributed by atoms with Gasteiger partial charge in [0.2, 0.25) is 0 Å². The fourth-order valence-corrected chi connectivity index (χ4v) is 5.05. The first-order valence-electron chi connectivity index (χ1n) is 11.7. The van der Waals surface area contributed by atoms with Gasteiger partial charge in [-0.2, -0.15) is 0 Å². The largest absolute Gasteiger partial charge is 0.309 e. The molecule has 6 rings (SSSR count). The number of fused-ring (bicyclic) bond motifs is 3. The first-order chi connectivity index (χ1) is 16.8. The van der Waals surface area contributed by atoms with Crippen LogP contribution < -0.4 is 0 Å². The molecule has 0 atom stereocenters. The van der Waals surface area contributed by atoms with Crippen molar-refractivity contribution in [2.24, 2.45) is 0 Å². The summed E-state index contributed by atoms with van der Waals surface area (Å²) in [6.07, 6.45) is 0. The van der Waals surface area contributed by atoms with E-state index in [0.717, 1.165) is 4.47 Å². The zero-order chi connectivity index (χ0) is 23.5. The van der Waals surface area contributed by atoms with Gasteiger partial charge in [0, 0.05) is 20.9 Å². The number of halogens is 1. The van der Waals surface area contributed by atoms with E-state index in [4.69, 9.17) is 0 Å². The van der Waals surface area contributed by atoms with Crippen LogP contribution in [0.15, 0.2) is 126 Å². The van der Waals surface area contributed by atoms with E-state index in [1.807, 2.05) is 13.8 Å². The van der Waals surface area contributed by atoms with Crippen LogP contribution >= 0.6 is 15.9 Å². The smallest absolute Gasteiger partial charge is 0.0541 e. The third-order valence-corrected chi connectivity index (χ3v) is 6.50. The average Bonchev–Trinajstić information content (AvgIpc) is 3.25. The molecule has 34 heavy (non-hydrogen) atoms. The minimum Gasteiger partial charge on any atom is -0.309 e. The van der Waals surface area contributed by atoms with Crippen LogP contribution in [-0.4, -0.2) is 4.57 Å². The molecule has 0 fully saturated rings. The summed E-state index contributed by atoms with van der Waals surface area (Å²) in [6, 6.07) is 43.2. The topological polar surface area (TPSA) is 4.93 Å². The molecular weight excluding hydrogens is 478 g/mol. The molecule has 0 radical (unpaired) electrons. The molecule has 1 heterocycles. The highest BCUT2D eigenvalue weighted by molar-refractivity contribution is 9.10. The minimum atomic E-state index is 1.08. The molecule has 166 valence electrons. The Morgan fingerprint density at radius 3 is 1.50 bits per heavy atom. The van der Waals surface area contributed by atoms with Crippen molar-refractivity contribution < 1.29 is 0 Å². The summed E-state index contributed by atoms with van der Waals surface area (Å²) in [7, 11) is 0. The minimum absolute atomic E-state index is 1.08. The highest BCUT2D eigenvalue weighted by Gasteiger charge is 2.11.